The lowest BCUT2D eigenvalue weighted by atomic mass is 10.2. The summed E-state index contributed by atoms with van der Waals surface area (Å²) in [6, 6.07) is 13.0. The van der Waals surface area contributed by atoms with Crippen molar-refractivity contribution in [2.75, 3.05) is 0 Å². The van der Waals surface area contributed by atoms with Gasteiger partial charge in [-0.15, -0.1) is 0 Å². The number of nitrogens with zero attached hydrogens (tertiary/aromatic N) is 4. The summed E-state index contributed by atoms with van der Waals surface area (Å²) in [5.74, 6) is 6.18. The third-order valence-electron chi connectivity index (χ3n) is 2.87. The number of hydrazone groups is 1. The van der Waals surface area contributed by atoms with E-state index in [2.05, 4.69) is 20.2 Å². The van der Waals surface area contributed by atoms with Crippen LogP contribution in [0.15, 0.2) is 58.3 Å². The van der Waals surface area contributed by atoms with Gasteiger partial charge in [-0.2, -0.15) is 10.1 Å². The van der Waals surface area contributed by atoms with Gasteiger partial charge in [0.15, 0.2) is 5.84 Å². The minimum absolute atomic E-state index is 0.164. The molecule has 0 aliphatic heterocycles. The normalized spacial score (nSPS) is 11.5. The Hall–Kier alpha value is -3.22. The van der Waals surface area contributed by atoms with E-state index < -0.39 is 0 Å². The molecule has 0 aliphatic carbocycles. The smallest absolute Gasteiger partial charge is 0.259 e. The molecule has 7 nitrogen and oxygen atoms in total. The van der Waals surface area contributed by atoms with Crippen molar-refractivity contribution < 1.29 is 4.52 Å². The van der Waals surface area contributed by atoms with Crippen LogP contribution in [-0.4, -0.2) is 21.0 Å². The summed E-state index contributed by atoms with van der Waals surface area (Å²) in [6.45, 7) is 0. The maximum Gasteiger partial charge on any atom is 0.259 e. The van der Waals surface area contributed by atoms with Crippen LogP contribution in [0, 0.1) is 0 Å². The Balaban J connectivity index is 1.90. The molecule has 0 saturated carbocycles. The van der Waals surface area contributed by atoms with E-state index in [1.165, 1.54) is 0 Å². The second-order valence-corrected chi connectivity index (χ2v) is 4.24. The Morgan fingerprint density at radius 3 is 2.52 bits per heavy atom. The van der Waals surface area contributed by atoms with E-state index in [4.69, 9.17) is 16.1 Å². The summed E-state index contributed by atoms with van der Waals surface area (Å²) in [7, 11) is 0. The second kappa shape index (κ2) is 5.41. The van der Waals surface area contributed by atoms with Crippen LogP contribution in [0.4, 0.5) is 0 Å². The van der Waals surface area contributed by atoms with E-state index in [-0.39, 0.29) is 5.84 Å². The fourth-order valence-electron chi connectivity index (χ4n) is 1.78. The van der Waals surface area contributed by atoms with Gasteiger partial charge in [-0.1, -0.05) is 35.5 Å². The van der Waals surface area contributed by atoms with Gasteiger partial charge in [-0.25, -0.2) is 0 Å². The van der Waals surface area contributed by atoms with Crippen LogP contribution in [0.3, 0.4) is 0 Å². The Morgan fingerprint density at radius 1 is 1.05 bits per heavy atom. The molecule has 2 heterocycles. The van der Waals surface area contributed by atoms with E-state index in [0.29, 0.717) is 23.0 Å². The zero-order chi connectivity index (χ0) is 14.7. The first-order valence-electron chi connectivity index (χ1n) is 6.17. The number of pyridine rings is 1. The van der Waals surface area contributed by atoms with E-state index in [0.717, 1.165) is 5.56 Å². The van der Waals surface area contributed by atoms with Crippen molar-refractivity contribution in [2.45, 2.75) is 0 Å². The van der Waals surface area contributed by atoms with Crippen LogP contribution in [0.1, 0.15) is 5.69 Å². The molecule has 3 aromatic rings. The molecule has 7 heteroatoms. The summed E-state index contributed by atoms with van der Waals surface area (Å²) in [6.07, 6.45) is 1.58. The average molecular weight is 280 g/mol. The highest BCUT2D eigenvalue weighted by Gasteiger charge is 2.11. The lowest BCUT2D eigenvalue weighted by molar-refractivity contribution is 0.432. The molecule has 0 saturated heterocycles. The first-order chi connectivity index (χ1) is 10.3. The molecule has 0 amide bonds. The Bertz CT molecular complexity index is 764. The molecule has 0 atom stereocenters. The van der Waals surface area contributed by atoms with Crippen molar-refractivity contribution in [2.24, 2.45) is 16.7 Å². The molecule has 0 radical (unpaired) electrons. The second-order valence-electron chi connectivity index (χ2n) is 4.24. The van der Waals surface area contributed by atoms with Crippen LogP contribution in [0.25, 0.3) is 22.8 Å². The lowest BCUT2D eigenvalue weighted by Gasteiger charge is -1.98. The minimum atomic E-state index is 0.164. The van der Waals surface area contributed by atoms with E-state index in [9.17, 15) is 0 Å². The van der Waals surface area contributed by atoms with Crippen LogP contribution in [-0.2, 0) is 0 Å². The van der Waals surface area contributed by atoms with E-state index >= 15 is 0 Å². The van der Waals surface area contributed by atoms with Gasteiger partial charge in [-0.05, 0) is 12.1 Å². The van der Waals surface area contributed by atoms with Crippen molar-refractivity contribution >= 4 is 5.84 Å². The molecule has 0 spiro atoms. The topological polar surface area (TPSA) is 116 Å². The maximum atomic E-state index is 5.57. The van der Waals surface area contributed by atoms with Gasteiger partial charge in [0.1, 0.15) is 5.69 Å². The largest absolute Gasteiger partial charge is 0.380 e. The molecule has 21 heavy (non-hydrogen) atoms. The fourth-order valence-corrected chi connectivity index (χ4v) is 1.78. The van der Waals surface area contributed by atoms with Crippen molar-refractivity contribution in [3.63, 3.8) is 0 Å². The predicted octanol–water partition coefficient (Wildman–Crippen LogP) is 1.38. The quantitative estimate of drug-likeness (QED) is 0.324. The molecule has 0 unspecified atom stereocenters. The summed E-state index contributed by atoms with van der Waals surface area (Å²) in [5, 5.41) is 7.34. The molecule has 0 aliphatic rings. The van der Waals surface area contributed by atoms with Gasteiger partial charge < -0.3 is 16.1 Å². The summed E-state index contributed by atoms with van der Waals surface area (Å²) >= 11 is 0. The van der Waals surface area contributed by atoms with Crippen molar-refractivity contribution in [3.05, 3.63) is 54.4 Å². The molecular formula is C14H12N6O. The molecule has 2 aromatic heterocycles. The highest BCUT2D eigenvalue weighted by Crippen LogP contribution is 2.21. The van der Waals surface area contributed by atoms with E-state index in [1.807, 2.05) is 30.3 Å². The molecule has 0 fully saturated rings. The number of hydrogen-bond acceptors (Lipinski definition) is 6. The van der Waals surface area contributed by atoms with Crippen molar-refractivity contribution in [3.8, 4) is 22.8 Å². The standard InChI is InChI=1S/C14H12N6O/c15-12(19-16)11-7-6-10(8-17-11)14-18-13(20-21-14)9-4-2-1-3-5-9/h1-8H,16H2,(H2,15,19). The maximum absolute atomic E-state index is 5.57. The number of rotatable bonds is 3. The fraction of sp³-hybridized carbons (Fsp3) is 0. The van der Waals surface area contributed by atoms with Crippen LogP contribution < -0.4 is 11.6 Å². The molecule has 104 valence electrons. The zero-order valence-corrected chi connectivity index (χ0v) is 11.0. The third-order valence-corrected chi connectivity index (χ3v) is 2.87. The van der Waals surface area contributed by atoms with Gasteiger partial charge in [0.05, 0.1) is 5.56 Å². The van der Waals surface area contributed by atoms with Crippen LogP contribution >= 0.6 is 0 Å². The highest BCUT2D eigenvalue weighted by atomic mass is 16.5. The van der Waals surface area contributed by atoms with Crippen LogP contribution in [0.5, 0.6) is 0 Å². The van der Waals surface area contributed by atoms with Gasteiger partial charge in [0, 0.05) is 11.8 Å². The number of aromatic nitrogens is 3. The summed E-state index contributed by atoms with van der Waals surface area (Å²) in [4.78, 5) is 8.49. The molecule has 0 bridgehead atoms. The summed E-state index contributed by atoms with van der Waals surface area (Å²) in [5.41, 5.74) is 7.64. The number of amidine groups is 1. The SMILES string of the molecule is N/N=C(\N)c1ccc(-c2nc(-c3ccccc3)no2)cn1. The van der Waals surface area contributed by atoms with Crippen molar-refractivity contribution in [1.29, 1.82) is 0 Å². The molecule has 1 aromatic carbocycles. The highest BCUT2D eigenvalue weighted by molar-refractivity contribution is 5.95. The first-order valence-corrected chi connectivity index (χ1v) is 6.17. The number of nitrogens with two attached hydrogens (primary N) is 2. The lowest BCUT2D eigenvalue weighted by Crippen LogP contribution is -2.16. The zero-order valence-electron chi connectivity index (χ0n) is 11.0. The van der Waals surface area contributed by atoms with Crippen LogP contribution in [0.2, 0.25) is 0 Å². The van der Waals surface area contributed by atoms with Gasteiger partial charge >= 0.3 is 0 Å². The minimum Gasteiger partial charge on any atom is -0.380 e. The van der Waals surface area contributed by atoms with Gasteiger partial charge in [0.25, 0.3) is 5.89 Å². The van der Waals surface area contributed by atoms with Crippen molar-refractivity contribution in [1.82, 2.24) is 15.1 Å². The molecule has 4 N–H and O–H groups in total. The molecule has 3 rings (SSSR count). The first kappa shape index (κ1) is 12.8. The Morgan fingerprint density at radius 2 is 1.86 bits per heavy atom. The van der Waals surface area contributed by atoms with Gasteiger partial charge in [-0.3, -0.25) is 4.98 Å². The van der Waals surface area contributed by atoms with E-state index in [1.54, 1.807) is 18.3 Å². The number of benzene rings is 1. The monoisotopic (exact) mass is 280 g/mol. The molecular weight excluding hydrogens is 268 g/mol. The third kappa shape index (κ3) is 2.57. The Kier molecular flexibility index (Phi) is 3.30. The van der Waals surface area contributed by atoms with Gasteiger partial charge in [0.2, 0.25) is 5.82 Å². The number of hydrogen-bond donors (Lipinski definition) is 2. The average Bonchev–Trinajstić information content (AvgIpc) is 3.05. The predicted molar refractivity (Wildman–Crippen MR) is 77.9 cm³/mol. The Labute approximate surface area is 120 Å². The summed E-state index contributed by atoms with van der Waals surface area (Å²) < 4.78 is 5.24.